The van der Waals surface area contributed by atoms with Gasteiger partial charge < -0.3 is 15.0 Å². The first kappa shape index (κ1) is 16.4. The van der Waals surface area contributed by atoms with Crippen molar-refractivity contribution in [1.82, 2.24) is 30.7 Å². The smallest absolute Gasteiger partial charge is 0.324 e. The van der Waals surface area contributed by atoms with Crippen LogP contribution in [0.5, 0.6) is 0 Å². The SMILES string of the molecule is COC(=O)C1CN(c2cnnc(-c3ccc4[nH]nc(C)c4c3)n2)CCN1. The molecule has 0 radical (unpaired) electrons. The number of carbonyl (C=O) groups excluding carboxylic acids is 1. The number of anilines is 1. The Hall–Kier alpha value is -3.07. The number of hydrogen-bond donors (Lipinski definition) is 2. The van der Waals surface area contributed by atoms with Gasteiger partial charge in [0.15, 0.2) is 11.6 Å². The highest BCUT2D eigenvalue weighted by Gasteiger charge is 2.27. The van der Waals surface area contributed by atoms with Gasteiger partial charge in [0.2, 0.25) is 0 Å². The van der Waals surface area contributed by atoms with E-state index in [1.807, 2.05) is 30.0 Å². The lowest BCUT2D eigenvalue weighted by Crippen LogP contribution is -2.54. The highest BCUT2D eigenvalue weighted by Crippen LogP contribution is 2.24. The normalized spacial score (nSPS) is 17.5. The first-order valence-electron chi connectivity index (χ1n) is 8.36. The van der Waals surface area contributed by atoms with Crippen LogP contribution < -0.4 is 10.2 Å². The van der Waals surface area contributed by atoms with Crippen molar-refractivity contribution in [1.29, 1.82) is 0 Å². The predicted molar refractivity (Wildman–Crippen MR) is 95.7 cm³/mol. The van der Waals surface area contributed by atoms with Gasteiger partial charge in [-0.05, 0) is 25.1 Å². The molecule has 3 heterocycles. The number of esters is 1. The number of aromatic nitrogens is 5. The molecular weight excluding hydrogens is 334 g/mol. The molecule has 1 aliphatic heterocycles. The summed E-state index contributed by atoms with van der Waals surface area (Å²) in [6, 6.07) is 5.52. The summed E-state index contributed by atoms with van der Waals surface area (Å²) in [6.07, 6.45) is 1.62. The largest absolute Gasteiger partial charge is 0.468 e. The lowest BCUT2D eigenvalue weighted by molar-refractivity contribution is -0.143. The minimum atomic E-state index is -0.378. The molecule has 9 nitrogen and oxygen atoms in total. The number of fused-ring (bicyclic) bond motifs is 1. The molecular formula is C17H19N7O2. The van der Waals surface area contributed by atoms with Crippen LogP contribution in [0.15, 0.2) is 24.4 Å². The molecule has 9 heteroatoms. The van der Waals surface area contributed by atoms with Gasteiger partial charge in [0.05, 0.1) is 24.5 Å². The standard InChI is InChI=1S/C17H19N7O2/c1-10-12-7-11(3-4-13(12)22-21-10)16-20-15(8-19-23-16)24-6-5-18-14(9-24)17(25)26-2/h3-4,7-8,14,18H,5-6,9H2,1-2H3,(H,21,22). The van der Waals surface area contributed by atoms with Gasteiger partial charge in [-0.2, -0.15) is 10.2 Å². The second-order valence-electron chi connectivity index (χ2n) is 6.18. The molecule has 2 aromatic heterocycles. The van der Waals surface area contributed by atoms with Crippen molar-refractivity contribution in [2.45, 2.75) is 13.0 Å². The van der Waals surface area contributed by atoms with Gasteiger partial charge in [-0.3, -0.25) is 9.89 Å². The Morgan fingerprint density at radius 2 is 2.27 bits per heavy atom. The van der Waals surface area contributed by atoms with Crippen molar-refractivity contribution in [3.63, 3.8) is 0 Å². The molecule has 3 aromatic rings. The molecule has 2 N–H and O–H groups in total. The van der Waals surface area contributed by atoms with E-state index in [2.05, 4.69) is 30.7 Å². The molecule has 134 valence electrons. The number of aryl methyl sites for hydroxylation is 1. The van der Waals surface area contributed by atoms with E-state index >= 15 is 0 Å². The van der Waals surface area contributed by atoms with E-state index in [1.165, 1.54) is 7.11 Å². The number of rotatable bonds is 3. The van der Waals surface area contributed by atoms with E-state index in [9.17, 15) is 4.79 Å². The third kappa shape index (κ3) is 2.97. The Bertz CT molecular complexity index is 955. The zero-order chi connectivity index (χ0) is 18.1. The summed E-state index contributed by atoms with van der Waals surface area (Å²) >= 11 is 0. The highest BCUT2D eigenvalue weighted by atomic mass is 16.5. The maximum atomic E-state index is 11.8. The van der Waals surface area contributed by atoms with E-state index < -0.39 is 0 Å². The van der Waals surface area contributed by atoms with Crippen molar-refractivity contribution >= 4 is 22.7 Å². The number of nitrogens with one attached hydrogen (secondary N) is 2. The van der Waals surface area contributed by atoms with Crippen molar-refractivity contribution in [3.8, 4) is 11.4 Å². The number of benzene rings is 1. The van der Waals surface area contributed by atoms with Gasteiger partial charge in [0.1, 0.15) is 6.04 Å². The molecule has 1 aliphatic rings. The predicted octanol–water partition coefficient (Wildman–Crippen LogP) is 0.675. The highest BCUT2D eigenvalue weighted by molar-refractivity contribution is 5.85. The Balaban J connectivity index is 1.63. The van der Waals surface area contributed by atoms with Gasteiger partial charge in [0, 0.05) is 30.6 Å². The Morgan fingerprint density at radius 3 is 3.12 bits per heavy atom. The van der Waals surface area contributed by atoms with Crippen LogP contribution in [0, 0.1) is 6.92 Å². The second kappa shape index (κ2) is 6.68. The fraction of sp³-hybridized carbons (Fsp3) is 0.353. The number of carbonyl (C=O) groups is 1. The maximum absolute atomic E-state index is 11.8. The van der Waals surface area contributed by atoms with Crippen molar-refractivity contribution in [2.75, 3.05) is 31.6 Å². The zero-order valence-electron chi connectivity index (χ0n) is 14.6. The van der Waals surface area contributed by atoms with Crippen molar-refractivity contribution in [3.05, 3.63) is 30.1 Å². The molecule has 0 saturated carbocycles. The summed E-state index contributed by atoms with van der Waals surface area (Å²) in [5.41, 5.74) is 2.77. The summed E-state index contributed by atoms with van der Waals surface area (Å²) in [5, 5.41) is 19.7. The molecule has 26 heavy (non-hydrogen) atoms. The molecule has 1 fully saturated rings. The monoisotopic (exact) mass is 353 g/mol. The minimum Gasteiger partial charge on any atom is -0.468 e. The topological polar surface area (TPSA) is 109 Å². The van der Waals surface area contributed by atoms with E-state index in [4.69, 9.17) is 4.74 Å². The van der Waals surface area contributed by atoms with Crippen LogP contribution in [0.2, 0.25) is 0 Å². The average molecular weight is 353 g/mol. The van der Waals surface area contributed by atoms with Crippen molar-refractivity contribution < 1.29 is 9.53 Å². The fourth-order valence-corrected chi connectivity index (χ4v) is 3.11. The molecule has 0 aliphatic carbocycles. The van der Waals surface area contributed by atoms with Gasteiger partial charge in [0.25, 0.3) is 0 Å². The summed E-state index contributed by atoms with van der Waals surface area (Å²) in [6.45, 7) is 3.82. The lowest BCUT2D eigenvalue weighted by atomic mass is 10.1. The van der Waals surface area contributed by atoms with Gasteiger partial charge in [-0.1, -0.05) is 0 Å². The number of nitrogens with zero attached hydrogens (tertiary/aromatic N) is 5. The Kier molecular flexibility index (Phi) is 4.21. The van der Waals surface area contributed by atoms with Crippen LogP contribution in [-0.4, -0.2) is 64.1 Å². The van der Waals surface area contributed by atoms with E-state index in [-0.39, 0.29) is 12.0 Å². The molecule has 1 atom stereocenters. The summed E-state index contributed by atoms with van der Waals surface area (Å²) in [7, 11) is 1.39. The molecule has 1 saturated heterocycles. The summed E-state index contributed by atoms with van der Waals surface area (Å²) in [5.74, 6) is 0.949. The zero-order valence-corrected chi connectivity index (χ0v) is 14.6. The number of piperazine rings is 1. The van der Waals surface area contributed by atoms with E-state index in [0.29, 0.717) is 24.7 Å². The maximum Gasteiger partial charge on any atom is 0.324 e. The first-order chi connectivity index (χ1) is 12.7. The lowest BCUT2D eigenvalue weighted by Gasteiger charge is -2.32. The van der Waals surface area contributed by atoms with Crippen molar-refractivity contribution in [2.24, 2.45) is 0 Å². The van der Waals surface area contributed by atoms with Crippen LogP contribution in [0.3, 0.4) is 0 Å². The third-order valence-electron chi connectivity index (χ3n) is 4.54. The van der Waals surface area contributed by atoms with Crippen LogP contribution in [0.25, 0.3) is 22.3 Å². The molecule has 1 unspecified atom stereocenters. The van der Waals surface area contributed by atoms with Gasteiger partial charge in [-0.25, -0.2) is 4.98 Å². The molecule has 0 bridgehead atoms. The number of ether oxygens (including phenoxy) is 1. The average Bonchev–Trinajstić information content (AvgIpc) is 3.08. The number of H-pyrrole nitrogens is 1. The summed E-state index contributed by atoms with van der Waals surface area (Å²) in [4.78, 5) is 18.5. The van der Waals surface area contributed by atoms with E-state index in [1.54, 1.807) is 6.20 Å². The quantitative estimate of drug-likeness (QED) is 0.662. The Labute approximate surface area is 149 Å². The van der Waals surface area contributed by atoms with Crippen LogP contribution in [-0.2, 0) is 9.53 Å². The summed E-state index contributed by atoms with van der Waals surface area (Å²) < 4.78 is 4.83. The number of aromatic amines is 1. The van der Waals surface area contributed by atoms with E-state index in [0.717, 1.165) is 28.7 Å². The second-order valence-corrected chi connectivity index (χ2v) is 6.18. The number of methoxy groups -OCH3 is 1. The molecule has 0 amide bonds. The minimum absolute atomic E-state index is 0.280. The fourth-order valence-electron chi connectivity index (χ4n) is 3.11. The molecule has 4 rings (SSSR count). The molecule has 0 spiro atoms. The van der Waals surface area contributed by atoms with Crippen LogP contribution in [0.1, 0.15) is 5.69 Å². The van der Waals surface area contributed by atoms with Crippen LogP contribution in [0.4, 0.5) is 5.82 Å². The number of hydrogen-bond acceptors (Lipinski definition) is 8. The first-order valence-corrected chi connectivity index (χ1v) is 8.36. The third-order valence-corrected chi connectivity index (χ3v) is 4.54. The molecule has 1 aromatic carbocycles. The van der Waals surface area contributed by atoms with Gasteiger partial charge >= 0.3 is 5.97 Å². The Morgan fingerprint density at radius 1 is 1.38 bits per heavy atom. The van der Waals surface area contributed by atoms with Gasteiger partial charge in [-0.15, -0.1) is 5.10 Å². The van der Waals surface area contributed by atoms with Crippen LogP contribution >= 0.6 is 0 Å².